The summed E-state index contributed by atoms with van der Waals surface area (Å²) < 4.78 is 0. The highest BCUT2D eigenvalue weighted by atomic mass is 32.1. The van der Waals surface area contributed by atoms with E-state index in [2.05, 4.69) is 52.1 Å². The van der Waals surface area contributed by atoms with Gasteiger partial charge in [0.15, 0.2) is 0 Å². The lowest BCUT2D eigenvalue weighted by atomic mass is 9.91. The molecule has 0 amide bonds. The van der Waals surface area contributed by atoms with E-state index in [1.807, 2.05) is 11.3 Å². The van der Waals surface area contributed by atoms with Gasteiger partial charge in [0.25, 0.3) is 0 Å². The first kappa shape index (κ1) is 16.0. The molecule has 18 heavy (non-hydrogen) atoms. The van der Waals surface area contributed by atoms with Gasteiger partial charge in [-0.25, -0.2) is 4.98 Å². The Morgan fingerprint density at radius 3 is 2.22 bits per heavy atom. The standard InChI is InChI=1S/C14H26N2S2/c1-6-16(7-2)9-8-12-15-13(14(3,4)5)11(10-17)18-12/h17H,6-10H2,1-5H3. The molecule has 104 valence electrons. The Bertz CT molecular complexity index is 362. The van der Waals surface area contributed by atoms with Gasteiger partial charge in [0.2, 0.25) is 0 Å². The van der Waals surface area contributed by atoms with Crippen molar-refractivity contribution < 1.29 is 0 Å². The number of aromatic nitrogens is 1. The summed E-state index contributed by atoms with van der Waals surface area (Å²) in [5, 5.41) is 1.26. The highest BCUT2D eigenvalue weighted by Gasteiger charge is 2.22. The van der Waals surface area contributed by atoms with Crippen molar-refractivity contribution >= 4 is 24.0 Å². The molecule has 0 unspecified atom stereocenters. The van der Waals surface area contributed by atoms with Gasteiger partial charge in [-0.3, -0.25) is 0 Å². The van der Waals surface area contributed by atoms with Crippen LogP contribution in [0.25, 0.3) is 0 Å². The van der Waals surface area contributed by atoms with Crippen molar-refractivity contribution in [1.29, 1.82) is 0 Å². The lowest BCUT2D eigenvalue weighted by Crippen LogP contribution is -2.25. The smallest absolute Gasteiger partial charge is 0.0944 e. The van der Waals surface area contributed by atoms with Crippen LogP contribution in [0.15, 0.2) is 0 Å². The van der Waals surface area contributed by atoms with E-state index in [4.69, 9.17) is 4.98 Å². The van der Waals surface area contributed by atoms with Gasteiger partial charge >= 0.3 is 0 Å². The molecule has 2 nitrogen and oxygen atoms in total. The number of hydrogen-bond acceptors (Lipinski definition) is 4. The van der Waals surface area contributed by atoms with Crippen LogP contribution < -0.4 is 0 Å². The van der Waals surface area contributed by atoms with E-state index in [1.165, 1.54) is 15.6 Å². The first-order chi connectivity index (χ1) is 8.42. The molecule has 0 atom stereocenters. The van der Waals surface area contributed by atoms with Crippen LogP contribution in [0.2, 0.25) is 0 Å². The zero-order valence-electron chi connectivity index (χ0n) is 12.3. The molecule has 4 heteroatoms. The summed E-state index contributed by atoms with van der Waals surface area (Å²) in [4.78, 5) is 8.61. The molecule has 0 bridgehead atoms. The normalized spacial score (nSPS) is 12.4. The first-order valence-corrected chi connectivity index (χ1v) is 8.19. The van der Waals surface area contributed by atoms with Gasteiger partial charge in [-0.05, 0) is 13.1 Å². The fourth-order valence-electron chi connectivity index (χ4n) is 1.99. The van der Waals surface area contributed by atoms with Crippen LogP contribution in [0, 0.1) is 0 Å². The van der Waals surface area contributed by atoms with Crippen molar-refractivity contribution in [3.63, 3.8) is 0 Å². The summed E-state index contributed by atoms with van der Waals surface area (Å²) in [6, 6.07) is 0. The Labute approximate surface area is 121 Å². The molecular weight excluding hydrogens is 260 g/mol. The van der Waals surface area contributed by atoms with E-state index < -0.39 is 0 Å². The van der Waals surface area contributed by atoms with Gasteiger partial charge in [0.1, 0.15) is 0 Å². The van der Waals surface area contributed by atoms with Crippen LogP contribution >= 0.6 is 24.0 Å². The Morgan fingerprint density at radius 1 is 1.22 bits per heavy atom. The van der Waals surface area contributed by atoms with Crippen LogP contribution in [0.3, 0.4) is 0 Å². The van der Waals surface area contributed by atoms with Crippen LogP contribution in [0.5, 0.6) is 0 Å². The minimum Gasteiger partial charge on any atom is -0.303 e. The minimum atomic E-state index is 0.127. The number of thiol groups is 1. The van der Waals surface area contributed by atoms with Gasteiger partial charge in [-0.15, -0.1) is 11.3 Å². The van der Waals surface area contributed by atoms with Crippen molar-refractivity contribution in [3.8, 4) is 0 Å². The van der Waals surface area contributed by atoms with Crippen LogP contribution in [-0.2, 0) is 17.6 Å². The predicted molar refractivity (Wildman–Crippen MR) is 85.0 cm³/mol. The van der Waals surface area contributed by atoms with E-state index in [0.717, 1.165) is 31.8 Å². The molecule has 0 aromatic carbocycles. The predicted octanol–water partition coefficient (Wildman–Crippen LogP) is 3.75. The Hall–Kier alpha value is -0.0600. The van der Waals surface area contributed by atoms with E-state index in [9.17, 15) is 0 Å². The second kappa shape index (κ2) is 6.92. The molecule has 1 aromatic heterocycles. The van der Waals surface area contributed by atoms with E-state index in [-0.39, 0.29) is 5.41 Å². The second-order valence-corrected chi connectivity index (χ2v) is 7.05. The molecule has 0 N–H and O–H groups in total. The van der Waals surface area contributed by atoms with Crippen molar-refractivity contribution in [1.82, 2.24) is 9.88 Å². The SMILES string of the molecule is CCN(CC)CCc1nc(C(C)(C)C)c(CS)s1. The lowest BCUT2D eigenvalue weighted by Gasteiger charge is -2.17. The molecule has 0 spiro atoms. The molecule has 0 aliphatic rings. The average Bonchev–Trinajstić information content (AvgIpc) is 2.73. The summed E-state index contributed by atoms with van der Waals surface area (Å²) in [5.41, 5.74) is 1.36. The maximum atomic E-state index is 4.84. The van der Waals surface area contributed by atoms with Crippen LogP contribution in [0.1, 0.15) is 50.2 Å². The van der Waals surface area contributed by atoms with Crippen molar-refractivity contribution in [3.05, 3.63) is 15.6 Å². The van der Waals surface area contributed by atoms with Gasteiger partial charge < -0.3 is 4.90 Å². The van der Waals surface area contributed by atoms with Crippen molar-refractivity contribution in [2.24, 2.45) is 0 Å². The second-order valence-electron chi connectivity index (χ2n) is 5.56. The maximum absolute atomic E-state index is 4.84. The first-order valence-electron chi connectivity index (χ1n) is 6.74. The molecule has 0 aliphatic heterocycles. The molecule has 1 heterocycles. The van der Waals surface area contributed by atoms with Crippen LogP contribution in [-0.4, -0.2) is 29.5 Å². The summed E-state index contributed by atoms with van der Waals surface area (Å²) >= 11 is 6.27. The van der Waals surface area contributed by atoms with Gasteiger partial charge in [-0.2, -0.15) is 12.6 Å². The largest absolute Gasteiger partial charge is 0.303 e. The third-order valence-corrected chi connectivity index (χ3v) is 4.78. The fraction of sp³-hybridized carbons (Fsp3) is 0.786. The zero-order valence-corrected chi connectivity index (χ0v) is 14.0. The molecule has 1 rings (SSSR count). The third kappa shape index (κ3) is 4.25. The van der Waals surface area contributed by atoms with Crippen molar-refractivity contribution in [2.75, 3.05) is 19.6 Å². The quantitative estimate of drug-likeness (QED) is 0.802. The molecule has 1 aromatic rings. The van der Waals surface area contributed by atoms with Gasteiger partial charge in [0, 0.05) is 29.0 Å². The number of rotatable bonds is 6. The molecular formula is C14H26N2S2. The third-order valence-electron chi connectivity index (χ3n) is 3.13. The number of likely N-dealkylation sites (N-methyl/N-ethyl adjacent to an activating group) is 1. The Morgan fingerprint density at radius 2 is 1.83 bits per heavy atom. The van der Waals surface area contributed by atoms with E-state index >= 15 is 0 Å². The van der Waals surface area contributed by atoms with Crippen LogP contribution in [0.4, 0.5) is 0 Å². The average molecular weight is 287 g/mol. The zero-order chi connectivity index (χ0) is 13.8. The maximum Gasteiger partial charge on any atom is 0.0944 e. The molecule has 0 saturated carbocycles. The Kier molecular flexibility index (Phi) is 6.15. The highest BCUT2D eigenvalue weighted by molar-refractivity contribution is 7.79. The van der Waals surface area contributed by atoms with E-state index in [0.29, 0.717) is 0 Å². The Balaban J connectivity index is 2.76. The number of nitrogens with zero attached hydrogens (tertiary/aromatic N) is 2. The number of thiazole rings is 1. The molecule has 0 aliphatic carbocycles. The number of hydrogen-bond donors (Lipinski definition) is 1. The highest BCUT2D eigenvalue weighted by Crippen LogP contribution is 2.30. The summed E-state index contributed by atoms with van der Waals surface area (Å²) in [6.45, 7) is 14.4. The molecule has 0 radical (unpaired) electrons. The van der Waals surface area contributed by atoms with Gasteiger partial charge in [-0.1, -0.05) is 34.6 Å². The van der Waals surface area contributed by atoms with E-state index in [1.54, 1.807) is 0 Å². The molecule has 0 saturated heterocycles. The topological polar surface area (TPSA) is 16.1 Å². The summed E-state index contributed by atoms with van der Waals surface area (Å²) in [6.07, 6.45) is 1.06. The molecule has 0 fully saturated rings. The fourth-order valence-corrected chi connectivity index (χ4v) is 3.47. The minimum absolute atomic E-state index is 0.127. The summed E-state index contributed by atoms with van der Waals surface area (Å²) in [7, 11) is 0. The lowest BCUT2D eigenvalue weighted by molar-refractivity contribution is 0.307. The van der Waals surface area contributed by atoms with Gasteiger partial charge in [0.05, 0.1) is 10.7 Å². The summed E-state index contributed by atoms with van der Waals surface area (Å²) in [5.74, 6) is 0.801. The van der Waals surface area contributed by atoms with Crippen molar-refractivity contribution in [2.45, 2.75) is 52.2 Å². The monoisotopic (exact) mass is 286 g/mol.